The molecule has 1 amide bonds. The van der Waals surface area contributed by atoms with Crippen molar-refractivity contribution in [3.05, 3.63) is 53.9 Å². The SMILES string of the molecule is O=C(Cn1cccc1C(=O)O)Nc1ccc(CCO)cc1. The lowest BCUT2D eigenvalue weighted by atomic mass is 10.1. The average molecular weight is 288 g/mol. The number of carbonyl (C=O) groups is 2. The third-order valence-corrected chi connectivity index (χ3v) is 3.00. The fraction of sp³-hybridized carbons (Fsp3) is 0.200. The highest BCUT2D eigenvalue weighted by atomic mass is 16.4. The number of anilines is 1. The van der Waals surface area contributed by atoms with Crippen LogP contribution >= 0.6 is 0 Å². The quantitative estimate of drug-likeness (QED) is 0.748. The minimum absolute atomic E-state index is 0.0625. The molecular weight excluding hydrogens is 272 g/mol. The van der Waals surface area contributed by atoms with Crippen LogP contribution in [0.1, 0.15) is 16.1 Å². The predicted molar refractivity (Wildman–Crippen MR) is 77.3 cm³/mol. The number of aliphatic hydroxyl groups is 1. The topological polar surface area (TPSA) is 91.6 Å². The molecule has 0 bridgehead atoms. The lowest BCUT2D eigenvalue weighted by Crippen LogP contribution is -2.20. The van der Waals surface area contributed by atoms with Crippen molar-refractivity contribution >= 4 is 17.6 Å². The molecule has 1 aromatic carbocycles. The van der Waals surface area contributed by atoms with Crippen LogP contribution in [0, 0.1) is 0 Å². The van der Waals surface area contributed by atoms with E-state index >= 15 is 0 Å². The standard InChI is InChI=1S/C15H16N2O4/c18-9-7-11-3-5-12(6-4-11)16-14(19)10-17-8-1-2-13(17)15(20)21/h1-6,8,18H,7,9-10H2,(H,16,19)(H,20,21). The first-order valence-electron chi connectivity index (χ1n) is 6.48. The molecule has 0 spiro atoms. The van der Waals surface area contributed by atoms with E-state index in [1.807, 2.05) is 12.1 Å². The van der Waals surface area contributed by atoms with E-state index in [1.165, 1.54) is 10.6 Å². The maximum Gasteiger partial charge on any atom is 0.352 e. The molecule has 21 heavy (non-hydrogen) atoms. The van der Waals surface area contributed by atoms with Gasteiger partial charge in [0, 0.05) is 18.5 Å². The molecule has 3 N–H and O–H groups in total. The molecule has 0 unspecified atom stereocenters. The van der Waals surface area contributed by atoms with Crippen molar-refractivity contribution in [1.29, 1.82) is 0 Å². The first kappa shape index (κ1) is 14.8. The third-order valence-electron chi connectivity index (χ3n) is 3.00. The Balaban J connectivity index is 1.98. The van der Waals surface area contributed by atoms with Crippen LogP contribution in [0.3, 0.4) is 0 Å². The number of aliphatic hydroxyl groups excluding tert-OH is 1. The molecule has 0 aliphatic rings. The summed E-state index contributed by atoms with van der Waals surface area (Å²) in [5.41, 5.74) is 1.68. The Kier molecular flexibility index (Phi) is 4.73. The number of rotatable bonds is 6. The number of carbonyl (C=O) groups excluding carboxylic acids is 1. The molecule has 0 fully saturated rings. The van der Waals surface area contributed by atoms with Gasteiger partial charge in [0.2, 0.25) is 5.91 Å². The molecule has 1 aromatic heterocycles. The third kappa shape index (κ3) is 3.93. The van der Waals surface area contributed by atoms with Crippen LogP contribution in [0.2, 0.25) is 0 Å². The first-order chi connectivity index (χ1) is 10.1. The Hall–Kier alpha value is -2.60. The summed E-state index contributed by atoms with van der Waals surface area (Å²) in [5, 5.41) is 20.5. The predicted octanol–water partition coefficient (Wildman–Crippen LogP) is 1.36. The van der Waals surface area contributed by atoms with Crippen LogP contribution in [0.15, 0.2) is 42.6 Å². The zero-order valence-electron chi connectivity index (χ0n) is 11.3. The second-order valence-corrected chi connectivity index (χ2v) is 4.55. The minimum Gasteiger partial charge on any atom is -0.477 e. The van der Waals surface area contributed by atoms with Crippen LogP contribution < -0.4 is 5.32 Å². The zero-order chi connectivity index (χ0) is 15.2. The molecule has 110 valence electrons. The fourth-order valence-electron chi connectivity index (χ4n) is 1.99. The minimum atomic E-state index is -1.07. The second kappa shape index (κ2) is 6.71. The summed E-state index contributed by atoms with van der Waals surface area (Å²) >= 11 is 0. The molecular formula is C15H16N2O4. The van der Waals surface area contributed by atoms with Crippen molar-refractivity contribution < 1.29 is 19.8 Å². The van der Waals surface area contributed by atoms with Crippen molar-refractivity contribution in [2.75, 3.05) is 11.9 Å². The first-order valence-corrected chi connectivity index (χ1v) is 6.48. The maximum atomic E-state index is 11.9. The summed E-state index contributed by atoms with van der Waals surface area (Å²) in [4.78, 5) is 22.8. The summed E-state index contributed by atoms with van der Waals surface area (Å²) in [6.07, 6.45) is 2.12. The zero-order valence-corrected chi connectivity index (χ0v) is 11.3. The second-order valence-electron chi connectivity index (χ2n) is 4.55. The number of amides is 1. The van der Waals surface area contributed by atoms with Gasteiger partial charge in [0.25, 0.3) is 0 Å². The number of benzene rings is 1. The average Bonchev–Trinajstić information content (AvgIpc) is 2.89. The van der Waals surface area contributed by atoms with E-state index in [0.29, 0.717) is 12.1 Å². The Morgan fingerprint density at radius 3 is 2.48 bits per heavy atom. The Labute approximate surface area is 121 Å². The van der Waals surface area contributed by atoms with Crippen molar-refractivity contribution in [3.63, 3.8) is 0 Å². The van der Waals surface area contributed by atoms with Crippen LogP contribution in [0.5, 0.6) is 0 Å². The van der Waals surface area contributed by atoms with Crippen molar-refractivity contribution in [3.8, 4) is 0 Å². The van der Waals surface area contributed by atoms with Gasteiger partial charge in [-0.05, 0) is 36.2 Å². The van der Waals surface area contributed by atoms with Gasteiger partial charge in [-0.1, -0.05) is 12.1 Å². The van der Waals surface area contributed by atoms with Crippen LogP contribution in [0.4, 0.5) is 5.69 Å². The van der Waals surface area contributed by atoms with Crippen molar-refractivity contribution in [2.24, 2.45) is 0 Å². The number of carboxylic acid groups (broad SMARTS) is 1. The van der Waals surface area contributed by atoms with E-state index in [4.69, 9.17) is 10.2 Å². The monoisotopic (exact) mass is 288 g/mol. The van der Waals surface area contributed by atoms with E-state index < -0.39 is 5.97 Å². The molecule has 0 saturated carbocycles. The highest BCUT2D eigenvalue weighted by molar-refractivity contribution is 5.92. The molecule has 0 radical (unpaired) electrons. The lowest BCUT2D eigenvalue weighted by Gasteiger charge is -2.08. The highest BCUT2D eigenvalue weighted by Crippen LogP contribution is 2.10. The Bertz CT molecular complexity index is 631. The maximum absolute atomic E-state index is 11.9. The van der Waals surface area contributed by atoms with Gasteiger partial charge in [-0.2, -0.15) is 0 Å². The van der Waals surface area contributed by atoms with Gasteiger partial charge in [0.15, 0.2) is 0 Å². The van der Waals surface area contributed by atoms with Gasteiger partial charge < -0.3 is 20.1 Å². The molecule has 2 aromatic rings. The smallest absolute Gasteiger partial charge is 0.352 e. The Morgan fingerprint density at radius 2 is 1.86 bits per heavy atom. The Morgan fingerprint density at radius 1 is 1.14 bits per heavy atom. The van der Waals surface area contributed by atoms with Crippen LogP contribution in [-0.2, 0) is 17.8 Å². The molecule has 0 aliphatic carbocycles. The van der Waals surface area contributed by atoms with Gasteiger partial charge in [-0.15, -0.1) is 0 Å². The number of aromatic carboxylic acids is 1. The van der Waals surface area contributed by atoms with Crippen LogP contribution in [-0.4, -0.2) is 33.3 Å². The van der Waals surface area contributed by atoms with E-state index in [2.05, 4.69) is 5.32 Å². The van der Waals surface area contributed by atoms with Crippen molar-refractivity contribution in [1.82, 2.24) is 4.57 Å². The summed E-state index contributed by atoms with van der Waals surface area (Å²) < 4.78 is 1.37. The molecule has 6 nitrogen and oxygen atoms in total. The summed E-state index contributed by atoms with van der Waals surface area (Å²) in [6.45, 7) is 0.0182. The number of aromatic nitrogens is 1. The number of carboxylic acids is 1. The summed E-state index contributed by atoms with van der Waals surface area (Å²) in [6, 6.07) is 10.2. The summed E-state index contributed by atoms with van der Waals surface area (Å²) in [7, 11) is 0. The van der Waals surface area contributed by atoms with Gasteiger partial charge in [-0.25, -0.2) is 4.79 Å². The van der Waals surface area contributed by atoms with Gasteiger partial charge >= 0.3 is 5.97 Å². The molecule has 1 heterocycles. The number of nitrogens with one attached hydrogen (secondary N) is 1. The molecule has 2 rings (SSSR count). The molecule has 0 aliphatic heterocycles. The molecule has 6 heteroatoms. The normalized spacial score (nSPS) is 10.3. The largest absolute Gasteiger partial charge is 0.477 e. The van der Waals surface area contributed by atoms with Crippen molar-refractivity contribution in [2.45, 2.75) is 13.0 Å². The fourth-order valence-corrected chi connectivity index (χ4v) is 1.99. The summed E-state index contributed by atoms with van der Waals surface area (Å²) in [5.74, 6) is -1.37. The number of hydrogen-bond donors (Lipinski definition) is 3. The van der Waals surface area contributed by atoms with E-state index in [-0.39, 0.29) is 24.8 Å². The number of hydrogen-bond acceptors (Lipinski definition) is 3. The van der Waals surface area contributed by atoms with E-state index in [9.17, 15) is 9.59 Å². The van der Waals surface area contributed by atoms with Gasteiger partial charge in [0.1, 0.15) is 12.2 Å². The van der Waals surface area contributed by atoms with Gasteiger partial charge in [-0.3, -0.25) is 4.79 Å². The molecule has 0 saturated heterocycles. The van der Waals surface area contributed by atoms with E-state index in [1.54, 1.807) is 24.4 Å². The lowest BCUT2D eigenvalue weighted by molar-refractivity contribution is -0.116. The highest BCUT2D eigenvalue weighted by Gasteiger charge is 2.11. The van der Waals surface area contributed by atoms with E-state index in [0.717, 1.165) is 5.56 Å². The van der Waals surface area contributed by atoms with Crippen LogP contribution in [0.25, 0.3) is 0 Å². The van der Waals surface area contributed by atoms with Gasteiger partial charge in [0.05, 0.1) is 0 Å². The number of nitrogens with zero attached hydrogens (tertiary/aromatic N) is 1. The molecule has 0 atom stereocenters.